The van der Waals surface area contributed by atoms with Crippen molar-refractivity contribution >= 4 is 39.6 Å². The first-order chi connectivity index (χ1) is 13.8. The number of amides is 3. The summed E-state index contributed by atoms with van der Waals surface area (Å²) < 4.78 is 0. The van der Waals surface area contributed by atoms with Crippen LogP contribution in [0.1, 0.15) is 60.8 Å². The van der Waals surface area contributed by atoms with E-state index in [1.54, 1.807) is 34.6 Å². The molecule has 0 bridgehead atoms. The number of nitrogens with two attached hydrogens (primary N) is 1. The molecule has 0 aromatic carbocycles. The minimum Gasteiger partial charge on any atom is -0.480 e. The van der Waals surface area contributed by atoms with Crippen molar-refractivity contribution in [2.75, 3.05) is 11.9 Å². The van der Waals surface area contributed by atoms with Gasteiger partial charge in [-0.15, -0.1) is 0 Å². The maximum Gasteiger partial charge on any atom is 0.326 e. The Morgan fingerprint density at radius 2 is 1.63 bits per heavy atom. The molecule has 0 saturated heterocycles. The van der Waals surface area contributed by atoms with Gasteiger partial charge < -0.3 is 26.4 Å². The summed E-state index contributed by atoms with van der Waals surface area (Å²) in [4.78, 5) is 50.8. The molecule has 9 nitrogen and oxygen atoms in total. The second kappa shape index (κ2) is 12.9. The second-order valence-electron chi connectivity index (χ2n) is 8.67. The van der Waals surface area contributed by atoms with Crippen LogP contribution in [0.2, 0.25) is 0 Å². The highest BCUT2D eigenvalue weighted by molar-refractivity contribution is 9.09. The number of hydrogen-bond donors (Lipinski definition) is 4. The zero-order chi connectivity index (χ0) is 23.6. The molecule has 3 amide bonds. The van der Waals surface area contributed by atoms with E-state index in [1.807, 2.05) is 0 Å². The van der Waals surface area contributed by atoms with Crippen LogP contribution in [0.3, 0.4) is 0 Å². The van der Waals surface area contributed by atoms with E-state index in [4.69, 9.17) is 5.73 Å². The van der Waals surface area contributed by atoms with Crippen LogP contribution < -0.4 is 16.4 Å². The summed E-state index contributed by atoms with van der Waals surface area (Å²) in [5.74, 6) is -2.63. The van der Waals surface area contributed by atoms with Crippen molar-refractivity contribution in [3.8, 4) is 0 Å². The third kappa shape index (κ3) is 8.99. The quantitative estimate of drug-likeness (QED) is 0.238. The molecule has 0 aromatic heterocycles. The number of halogens is 1. The van der Waals surface area contributed by atoms with E-state index in [0.717, 1.165) is 0 Å². The number of alkyl halides is 1. The third-order valence-electron chi connectivity index (χ3n) is 4.60. The summed E-state index contributed by atoms with van der Waals surface area (Å²) in [6.07, 6.45) is 1.50. The van der Waals surface area contributed by atoms with Gasteiger partial charge in [-0.05, 0) is 59.4 Å². The van der Waals surface area contributed by atoms with Gasteiger partial charge >= 0.3 is 5.97 Å². The van der Waals surface area contributed by atoms with Crippen molar-refractivity contribution in [3.63, 3.8) is 0 Å². The largest absolute Gasteiger partial charge is 0.480 e. The zero-order valence-corrected chi connectivity index (χ0v) is 20.4. The Kier molecular flexibility index (Phi) is 12.2. The molecule has 0 aromatic rings. The zero-order valence-electron chi connectivity index (χ0n) is 18.8. The summed E-state index contributed by atoms with van der Waals surface area (Å²) in [6.45, 7) is 10.8. The highest BCUT2D eigenvalue weighted by Gasteiger charge is 2.39. The highest BCUT2D eigenvalue weighted by Crippen LogP contribution is 2.22. The number of unbranched alkanes of at least 4 members (excludes halogenated alkanes) is 1. The molecular formula is C20H37BrN4O5. The average molecular weight is 493 g/mol. The fourth-order valence-electron chi connectivity index (χ4n) is 3.12. The van der Waals surface area contributed by atoms with E-state index in [1.165, 1.54) is 11.8 Å². The lowest BCUT2D eigenvalue weighted by molar-refractivity contribution is -0.156. The average Bonchev–Trinajstić information content (AvgIpc) is 2.62. The topological polar surface area (TPSA) is 142 Å². The molecule has 0 saturated carbocycles. The number of hydrogen-bond acceptors (Lipinski definition) is 5. The minimum atomic E-state index is -1.10. The Balaban J connectivity index is 5.56. The van der Waals surface area contributed by atoms with Crippen molar-refractivity contribution in [1.82, 2.24) is 15.5 Å². The van der Waals surface area contributed by atoms with Crippen LogP contribution in [-0.4, -0.2) is 69.2 Å². The van der Waals surface area contributed by atoms with E-state index in [2.05, 4.69) is 26.6 Å². The van der Waals surface area contributed by atoms with Gasteiger partial charge in [0.25, 0.3) is 0 Å². The SMILES string of the molecule is CC(C)[C@H](NC(=O)CBr)C(=O)N[C@@H](C)C(=O)N([C@@H](CCCCN)C(=O)O)C(C)(C)C. The maximum absolute atomic E-state index is 13.2. The predicted molar refractivity (Wildman–Crippen MR) is 119 cm³/mol. The van der Waals surface area contributed by atoms with Crippen LogP contribution in [-0.2, 0) is 19.2 Å². The van der Waals surface area contributed by atoms with Crippen LogP contribution in [0.5, 0.6) is 0 Å². The highest BCUT2D eigenvalue weighted by atomic mass is 79.9. The van der Waals surface area contributed by atoms with Crippen LogP contribution in [0.15, 0.2) is 0 Å². The number of nitrogens with one attached hydrogen (secondary N) is 2. The van der Waals surface area contributed by atoms with Gasteiger partial charge in [-0.2, -0.15) is 0 Å². The summed E-state index contributed by atoms with van der Waals surface area (Å²) in [7, 11) is 0. The molecule has 0 fully saturated rings. The molecule has 10 heteroatoms. The maximum atomic E-state index is 13.2. The smallest absolute Gasteiger partial charge is 0.326 e. The van der Waals surface area contributed by atoms with Gasteiger partial charge in [-0.1, -0.05) is 29.8 Å². The van der Waals surface area contributed by atoms with Gasteiger partial charge in [0.1, 0.15) is 18.1 Å². The van der Waals surface area contributed by atoms with Gasteiger partial charge in [0.05, 0.1) is 5.33 Å². The van der Waals surface area contributed by atoms with Crippen LogP contribution in [0.25, 0.3) is 0 Å². The number of nitrogens with zero attached hydrogens (tertiary/aromatic N) is 1. The van der Waals surface area contributed by atoms with Crippen molar-refractivity contribution in [2.45, 2.75) is 84.5 Å². The number of carboxylic acids is 1. The molecule has 174 valence electrons. The molecule has 5 N–H and O–H groups in total. The third-order valence-corrected chi connectivity index (χ3v) is 5.11. The lowest BCUT2D eigenvalue weighted by atomic mass is 9.97. The van der Waals surface area contributed by atoms with Gasteiger partial charge in [-0.3, -0.25) is 14.4 Å². The Hall–Kier alpha value is -1.68. The molecular weight excluding hydrogens is 456 g/mol. The standard InChI is InChI=1S/C20H37BrN4O5/c1-12(2)16(24-15(26)11-21)17(27)23-13(3)18(28)25(20(4,5)6)14(19(29)30)9-7-8-10-22/h12-14,16H,7-11,22H2,1-6H3,(H,23,27)(H,24,26)(H,29,30)/t13-,14-,16-/m0/s1. The summed E-state index contributed by atoms with van der Waals surface area (Å²) in [6, 6.07) is -2.80. The van der Waals surface area contributed by atoms with E-state index in [-0.39, 0.29) is 23.6 Å². The molecule has 0 unspecified atom stereocenters. The summed E-state index contributed by atoms with van der Waals surface area (Å²) >= 11 is 3.04. The molecule has 0 spiro atoms. The lowest BCUT2D eigenvalue weighted by Gasteiger charge is -2.41. The van der Waals surface area contributed by atoms with Gasteiger partial charge in [-0.25, -0.2) is 4.79 Å². The fourth-order valence-corrected chi connectivity index (χ4v) is 3.28. The van der Waals surface area contributed by atoms with Gasteiger partial charge in [0, 0.05) is 5.54 Å². The Morgan fingerprint density at radius 3 is 2.03 bits per heavy atom. The number of carboxylic acid groups (broad SMARTS) is 1. The number of carbonyl (C=O) groups excluding carboxylic acids is 3. The Morgan fingerprint density at radius 1 is 1.07 bits per heavy atom. The molecule has 0 aliphatic carbocycles. The number of aliphatic carboxylic acids is 1. The normalized spacial score (nSPS) is 14.6. The van der Waals surface area contributed by atoms with E-state index in [0.29, 0.717) is 19.4 Å². The Bertz CT molecular complexity index is 606. The minimum absolute atomic E-state index is 0.0544. The van der Waals surface area contributed by atoms with E-state index < -0.39 is 41.4 Å². The molecule has 30 heavy (non-hydrogen) atoms. The van der Waals surface area contributed by atoms with Crippen LogP contribution >= 0.6 is 15.9 Å². The van der Waals surface area contributed by atoms with E-state index in [9.17, 15) is 24.3 Å². The van der Waals surface area contributed by atoms with Gasteiger partial charge in [0.2, 0.25) is 17.7 Å². The van der Waals surface area contributed by atoms with E-state index >= 15 is 0 Å². The summed E-state index contributed by atoms with van der Waals surface area (Å²) in [5.41, 5.74) is 4.73. The molecule has 3 atom stereocenters. The molecule has 0 rings (SSSR count). The lowest BCUT2D eigenvalue weighted by Crippen LogP contribution is -2.61. The first kappa shape index (κ1) is 28.3. The van der Waals surface area contributed by atoms with Crippen LogP contribution in [0, 0.1) is 5.92 Å². The fraction of sp³-hybridized carbons (Fsp3) is 0.800. The van der Waals surface area contributed by atoms with Crippen LogP contribution in [0.4, 0.5) is 0 Å². The van der Waals surface area contributed by atoms with Crippen molar-refractivity contribution in [1.29, 1.82) is 0 Å². The van der Waals surface area contributed by atoms with Gasteiger partial charge in [0.15, 0.2) is 0 Å². The Labute approximate surface area is 187 Å². The molecule has 0 heterocycles. The summed E-state index contributed by atoms with van der Waals surface area (Å²) in [5, 5.41) is 15.0. The molecule has 0 radical (unpaired) electrons. The first-order valence-electron chi connectivity index (χ1n) is 10.2. The first-order valence-corrected chi connectivity index (χ1v) is 11.3. The van der Waals surface area contributed by atoms with Crippen molar-refractivity contribution in [2.24, 2.45) is 11.7 Å². The molecule has 0 aliphatic rings. The van der Waals surface area contributed by atoms with Crippen molar-refractivity contribution < 1.29 is 24.3 Å². The predicted octanol–water partition coefficient (Wildman–Crippen LogP) is 1.24. The monoisotopic (exact) mass is 492 g/mol. The number of carbonyl (C=O) groups is 4. The number of rotatable bonds is 12. The molecule has 0 aliphatic heterocycles. The second-order valence-corrected chi connectivity index (χ2v) is 9.23. The van der Waals surface area contributed by atoms with Crippen molar-refractivity contribution in [3.05, 3.63) is 0 Å².